The Hall–Kier alpha value is -1.77. The zero-order valence-corrected chi connectivity index (χ0v) is 15.5. The largest absolute Gasteiger partial charge is 0.325 e. The topological polar surface area (TPSA) is 37.8 Å². The van der Waals surface area contributed by atoms with Crippen molar-refractivity contribution in [2.75, 3.05) is 0 Å². The first-order chi connectivity index (χ1) is 11.6. The first kappa shape index (κ1) is 18.6. The van der Waals surface area contributed by atoms with Gasteiger partial charge in [0.2, 0.25) is 0 Å². The van der Waals surface area contributed by atoms with Gasteiger partial charge < -0.3 is 4.98 Å². The van der Waals surface area contributed by atoms with E-state index >= 15 is 0 Å². The van der Waals surface area contributed by atoms with E-state index in [-0.39, 0.29) is 5.69 Å². The SMILES string of the molecule is CCCCCCCCCCc1ccc(-c2c(C)[nH]c(=O)n2C)cc1. The van der Waals surface area contributed by atoms with Crippen LogP contribution in [0.25, 0.3) is 11.3 Å². The Labute approximate surface area is 146 Å². The lowest BCUT2D eigenvalue weighted by Gasteiger charge is -2.06. The minimum absolute atomic E-state index is 0.0505. The predicted octanol–water partition coefficient (Wildman–Crippen LogP) is 5.37. The van der Waals surface area contributed by atoms with E-state index in [1.54, 1.807) is 4.57 Å². The second-order valence-corrected chi connectivity index (χ2v) is 6.88. The lowest BCUT2D eigenvalue weighted by atomic mass is 10.0. The van der Waals surface area contributed by atoms with Gasteiger partial charge in [-0.25, -0.2) is 4.79 Å². The molecular formula is C21H32N2O. The number of hydrogen-bond donors (Lipinski definition) is 1. The fourth-order valence-electron chi connectivity index (χ4n) is 3.36. The summed E-state index contributed by atoms with van der Waals surface area (Å²) < 4.78 is 1.68. The summed E-state index contributed by atoms with van der Waals surface area (Å²) in [7, 11) is 1.82. The van der Waals surface area contributed by atoms with Gasteiger partial charge in [-0.05, 0) is 25.3 Å². The van der Waals surface area contributed by atoms with Crippen molar-refractivity contribution in [1.29, 1.82) is 0 Å². The van der Waals surface area contributed by atoms with Gasteiger partial charge in [-0.1, -0.05) is 76.1 Å². The highest BCUT2D eigenvalue weighted by atomic mass is 16.1. The van der Waals surface area contributed by atoms with E-state index in [9.17, 15) is 4.79 Å². The Morgan fingerprint density at radius 3 is 2.04 bits per heavy atom. The third kappa shape index (κ3) is 5.12. The lowest BCUT2D eigenvalue weighted by molar-refractivity contribution is 0.575. The van der Waals surface area contributed by atoms with Gasteiger partial charge >= 0.3 is 5.69 Å². The van der Waals surface area contributed by atoms with Gasteiger partial charge in [-0.2, -0.15) is 0 Å². The molecular weight excluding hydrogens is 296 g/mol. The molecule has 0 bridgehead atoms. The van der Waals surface area contributed by atoms with Crippen molar-refractivity contribution in [3.63, 3.8) is 0 Å². The smallest absolute Gasteiger partial charge is 0.309 e. The highest BCUT2D eigenvalue weighted by Crippen LogP contribution is 2.21. The predicted molar refractivity (Wildman–Crippen MR) is 103 cm³/mol. The van der Waals surface area contributed by atoms with Crippen molar-refractivity contribution in [2.24, 2.45) is 7.05 Å². The van der Waals surface area contributed by atoms with Gasteiger partial charge in [0, 0.05) is 18.3 Å². The number of H-pyrrole nitrogens is 1. The molecule has 0 aliphatic heterocycles. The number of hydrogen-bond acceptors (Lipinski definition) is 1. The van der Waals surface area contributed by atoms with Gasteiger partial charge in [0.25, 0.3) is 0 Å². The summed E-state index contributed by atoms with van der Waals surface area (Å²) in [5.41, 5.74) is 4.36. The maximum absolute atomic E-state index is 11.7. The lowest BCUT2D eigenvalue weighted by Crippen LogP contribution is -2.13. The molecule has 0 amide bonds. The second-order valence-electron chi connectivity index (χ2n) is 6.88. The van der Waals surface area contributed by atoms with Crippen LogP contribution in [0.3, 0.4) is 0 Å². The third-order valence-corrected chi connectivity index (χ3v) is 4.84. The fraction of sp³-hybridized carbons (Fsp3) is 0.571. The average molecular weight is 329 g/mol. The quantitative estimate of drug-likeness (QED) is 0.585. The molecule has 0 spiro atoms. The normalized spacial score (nSPS) is 11.1. The van der Waals surface area contributed by atoms with Crippen LogP contribution < -0.4 is 5.69 Å². The van der Waals surface area contributed by atoms with E-state index < -0.39 is 0 Å². The van der Waals surface area contributed by atoms with Crippen LogP contribution in [0.2, 0.25) is 0 Å². The van der Waals surface area contributed by atoms with Crippen molar-refractivity contribution in [1.82, 2.24) is 9.55 Å². The molecule has 1 aromatic heterocycles. The van der Waals surface area contributed by atoms with Crippen molar-refractivity contribution in [3.8, 4) is 11.3 Å². The van der Waals surface area contributed by atoms with Gasteiger partial charge in [-0.3, -0.25) is 4.57 Å². The van der Waals surface area contributed by atoms with Crippen LogP contribution in [0.1, 0.15) is 69.5 Å². The molecule has 132 valence electrons. The van der Waals surface area contributed by atoms with E-state index in [2.05, 4.69) is 36.2 Å². The molecule has 1 heterocycles. The monoisotopic (exact) mass is 328 g/mol. The summed E-state index contributed by atoms with van der Waals surface area (Å²) >= 11 is 0. The zero-order valence-electron chi connectivity index (χ0n) is 15.5. The van der Waals surface area contributed by atoms with Crippen molar-refractivity contribution in [3.05, 3.63) is 46.0 Å². The summed E-state index contributed by atoms with van der Waals surface area (Å²) in [6.45, 7) is 4.22. The Bertz CT molecular complexity index is 664. The van der Waals surface area contributed by atoms with Crippen molar-refractivity contribution < 1.29 is 0 Å². The first-order valence-corrected chi connectivity index (χ1v) is 9.48. The summed E-state index contributed by atoms with van der Waals surface area (Å²) in [6.07, 6.45) is 12.0. The van der Waals surface area contributed by atoms with Crippen LogP contribution >= 0.6 is 0 Å². The van der Waals surface area contributed by atoms with Crippen LogP contribution in [-0.4, -0.2) is 9.55 Å². The summed E-state index contributed by atoms with van der Waals surface area (Å²) in [5, 5.41) is 0. The molecule has 0 saturated carbocycles. The molecule has 0 atom stereocenters. The Morgan fingerprint density at radius 1 is 0.917 bits per heavy atom. The van der Waals surface area contributed by atoms with Gasteiger partial charge in [0.15, 0.2) is 0 Å². The number of rotatable bonds is 10. The summed E-state index contributed by atoms with van der Waals surface area (Å²) in [5.74, 6) is 0. The fourth-order valence-corrected chi connectivity index (χ4v) is 3.36. The molecule has 24 heavy (non-hydrogen) atoms. The van der Waals surface area contributed by atoms with Crippen LogP contribution in [0.4, 0.5) is 0 Å². The minimum Gasteiger partial charge on any atom is -0.309 e. The standard InChI is InChI=1S/C21H32N2O/c1-4-5-6-7-8-9-10-11-12-18-13-15-19(16-14-18)20-17(2)22-21(24)23(20)3/h13-16H,4-12H2,1-3H3,(H,22,24). The highest BCUT2D eigenvalue weighted by molar-refractivity contribution is 5.62. The molecule has 2 rings (SSSR count). The molecule has 0 fully saturated rings. The maximum Gasteiger partial charge on any atom is 0.325 e. The molecule has 0 unspecified atom stereocenters. The molecule has 0 aliphatic carbocycles. The number of nitrogens with zero attached hydrogens (tertiary/aromatic N) is 1. The number of unbranched alkanes of at least 4 members (excludes halogenated alkanes) is 7. The molecule has 0 radical (unpaired) electrons. The first-order valence-electron chi connectivity index (χ1n) is 9.48. The second kappa shape index (κ2) is 9.51. The van der Waals surface area contributed by atoms with E-state index in [0.717, 1.165) is 23.4 Å². The van der Waals surface area contributed by atoms with Crippen LogP contribution in [0, 0.1) is 6.92 Å². The highest BCUT2D eigenvalue weighted by Gasteiger charge is 2.09. The van der Waals surface area contributed by atoms with E-state index in [1.165, 1.54) is 56.9 Å². The van der Waals surface area contributed by atoms with E-state index in [1.807, 2.05) is 14.0 Å². The van der Waals surface area contributed by atoms with E-state index in [0.29, 0.717) is 0 Å². The number of benzene rings is 1. The maximum atomic E-state index is 11.7. The van der Waals surface area contributed by atoms with Gasteiger partial charge in [0.05, 0.1) is 5.69 Å². The van der Waals surface area contributed by atoms with Crippen LogP contribution in [0.15, 0.2) is 29.1 Å². The molecule has 1 N–H and O–H groups in total. The zero-order chi connectivity index (χ0) is 17.4. The molecule has 3 nitrogen and oxygen atoms in total. The number of imidazole rings is 1. The Balaban J connectivity index is 1.77. The summed E-state index contributed by atoms with van der Waals surface area (Å²) in [6, 6.07) is 8.67. The third-order valence-electron chi connectivity index (χ3n) is 4.84. The molecule has 0 saturated heterocycles. The minimum atomic E-state index is -0.0505. The average Bonchev–Trinajstić information content (AvgIpc) is 2.83. The van der Waals surface area contributed by atoms with E-state index in [4.69, 9.17) is 0 Å². The van der Waals surface area contributed by atoms with Gasteiger partial charge in [-0.15, -0.1) is 0 Å². The van der Waals surface area contributed by atoms with Gasteiger partial charge in [0.1, 0.15) is 0 Å². The molecule has 1 aromatic carbocycles. The molecule has 0 aliphatic rings. The van der Waals surface area contributed by atoms with Crippen molar-refractivity contribution in [2.45, 2.75) is 71.6 Å². The number of aryl methyl sites for hydroxylation is 2. The molecule has 2 aromatic rings. The summed E-state index contributed by atoms with van der Waals surface area (Å²) in [4.78, 5) is 14.6. The number of nitrogens with one attached hydrogen (secondary N) is 1. The van der Waals surface area contributed by atoms with Crippen LogP contribution in [0.5, 0.6) is 0 Å². The Morgan fingerprint density at radius 2 is 1.50 bits per heavy atom. The Kier molecular flexibility index (Phi) is 7.36. The van der Waals surface area contributed by atoms with Crippen molar-refractivity contribution >= 4 is 0 Å². The number of aromatic nitrogens is 2. The number of aromatic amines is 1. The molecule has 3 heteroatoms. The van der Waals surface area contributed by atoms with Crippen LogP contribution in [-0.2, 0) is 13.5 Å².